The molecule has 0 bridgehead atoms. The summed E-state index contributed by atoms with van der Waals surface area (Å²) in [7, 11) is 0. The predicted octanol–water partition coefficient (Wildman–Crippen LogP) is 2.41. The fraction of sp³-hybridized carbons (Fsp3) is 0.471. The molecule has 4 heterocycles. The maximum absolute atomic E-state index is 4.46. The van der Waals surface area contributed by atoms with Gasteiger partial charge in [-0.1, -0.05) is 0 Å². The molecule has 3 aromatic heterocycles. The Hall–Kier alpha value is -2.19. The third-order valence-electron chi connectivity index (χ3n) is 4.61. The van der Waals surface area contributed by atoms with E-state index in [-0.39, 0.29) is 0 Å². The van der Waals surface area contributed by atoms with Crippen LogP contribution in [0.25, 0.3) is 11.5 Å². The van der Waals surface area contributed by atoms with Crippen LogP contribution in [0.3, 0.4) is 0 Å². The van der Waals surface area contributed by atoms with E-state index in [2.05, 4.69) is 48.6 Å². The summed E-state index contributed by atoms with van der Waals surface area (Å²) in [4.78, 5) is 14.0. The minimum Gasteiger partial charge on any atom is -0.298 e. The molecule has 1 saturated heterocycles. The Bertz CT molecular complexity index is 813. The minimum absolute atomic E-state index is 0.537. The summed E-state index contributed by atoms with van der Waals surface area (Å²) in [6.45, 7) is 6.30. The monoisotopic (exact) mass is 355 g/mol. The zero-order valence-corrected chi connectivity index (χ0v) is 15.1. The summed E-state index contributed by atoms with van der Waals surface area (Å²) >= 11 is 1.85. The molecule has 4 rings (SSSR count). The average Bonchev–Trinajstić information content (AvgIpc) is 3.26. The maximum Gasteiger partial charge on any atom is 0.224 e. The molecule has 1 aliphatic heterocycles. The number of rotatable bonds is 5. The van der Waals surface area contributed by atoms with Gasteiger partial charge in [0.25, 0.3) is 0 Å². The number of tetrazole rings is 1. The predicted molar refractivity (Wildman–Crippen MR) is 95.9 cm³/mol. The van der Waals surface area contributed by atoms with Gasteiger partial charge in [-0.15, -0.1) is 21.5 Å². The first kappa shape index (κ1) is 16.3. The first-order chi connectivity index (χ1) is 12.3. The molecule has 1 fully saturated rings. The molecule has 0 radical (unpaired) electrons. The molecule has 0 aromatic carbocycles. The standard InChI is InChI=1S/C17H21N7S/c1-13-4-8-25-16(13)12-23-7-2-3-14(10-23)11-24-21-17(20-22-24)15-9-18-5-6-19-15/h4-6,8-9,14H,2-3,7,10-12H2,1H3/t14-/m1/s1. The summed E-state index contributed by atoms with van der Waals surface area (Å²) in [5.74, 6) is 1.09. The van der Waals surface area contributed by atoms with E-state index >= 15 is 0 Å². The topological polar surface area (TPSA) is 72.6 Å². The SMILES string of the molecule is Cc1ccsc1CN1CCC[C@@H](Cn2nnc(-c3cnccn3)n2)C1. The van der Waals surface area contributed by atoms with Crippen molar-refractivity contribution < 1.29 is 0 Å². The zero-order valence-electron chi connectivity index (χ0n) is 14.2. The van der Waals surface area contributed by atoms with E-state index in [1.807, 2.05) is 11.3 Å². The van der Waals surface area contributed by atoms with Gasteiger partial charge in [-0.2, -0.15) is 4.80 Å². The molecule has 1 aliphatic rings. The largest absolute Gasteiger partial charge is 0.298 e. The zero-order chi connectivity index (χ0) is 17.1. The van der Waals surface area contributed by atoms with Crippen LogP contribution in [0.2, 0.25) is 0 Å². The Balaban J connectivity index is 1.38. The van der Waals surface area contributed by atoms with Gasteiger partial charge in [0.2, 0.25) is 5.82 Å². The molecule has 130 valence electrons. The highest BCUT2D eigenvalue weighted by molar-refractivity contribution is 7.10. The van der Waals surface area contributed by atoms with Crippen molar-refractivity contribution in [1.29, 1.82) is 0 Å². The number of aromatic nitrogens is 6. The molecule has 25 heavy (non-hydrogen) atoms. The molecular formula is C17H21N7S. The molecule has 1 atom stereocenters. The van der Waals surface area contributed by atoms with Gasteiger partial charge < -0.3 is 0 Å². The molecular weight excluding hydrogens is 334 g/mol. The van der Waals surface area contributed by atoms with E-state index in [0.717, 1.165) is 19.6 Å². The maximum atomic E-state index is 4.46. The number of piperidine rings is 1. The first-order valence-corrected chi connectivity index (χ1v) is 9.45. The summed E-state index contributed by atoms with van der Waals surface area (Å²) in [5.41, 5.74) is 2.06. The van der Waals surface area contributed by atoms with Gasteiger partial charge in [0.1, 0.15) is 5.69 Å². The van der Waals surface area contributed by atoms with Crippen molar-refractivity contribution in [3.8, 4) is 11.5 Å². The molecule has 0 unspecified atom stereocenters. The number of nitrogens with zero attached hydrogens (tertiary/aromatic N) is 7. The van der Waals surface area contributed by atoms with Crippen molar-refractivity contribution in [2.75, 3.05) is 13.1 Å². The lowest BCUT2D eigenvalue weighted by molar-refractivity contribution is 0.150. The second-order valence-electron chi connectivity index (χ2n) is 6.53. The van der Waals surface area contributed by atoms with Gasteiger partial charge in [0, 0.05) is 30.4 Å². The average molecular weight is 355 g/mol. The van der Waals surface area contributed by atoms with Gasteiger partial charge in [-0.05, 0) is 54.5 Å². The summed E-state index contributed by atoms with van der Waals surface area (Å²) in [6, 6.07) is 2.20. The fourth-order valence-corrected chi connectivity index (χ4v) is 4.23. The number of likely N-dealkylation sites (tertiary alicyclic amines) is 1. The highest BCUT2D eigenvalue weighted by atomic mass is 32.1. The van der Waals surface area contributed by atoms with E-state index in [9.17, 15) is 0 Å². The lowest BCUT2D eigenvalue weighted by Crippen LogP contribution is -2.36. The molecule has 7 nitrogen and oxygen atoms in total. The highest BCUT2D eigenvalue weighted by Gasteiger charge is 2.22. The lowest BCUT2D eigenvalue weighted by Gasteiger charge is -2.32. The van der Waals surface area contributed by atoms with Gasteiger partial charge >= 0.3 is 0 Å². The van der Waals surface area contributed by atoms with Crippen molar-refractivity contribution >= 4 is 11.3 Å². The Labute approximate surface area is 150 Å². The number of aryl methyl sites for hydroxylation is 1. The van der Waals surface area contributed by atoms with Crippen LogP contribution < -0.4 is 0 Å². The quantitative estimate of drug-likeness (QED) is 0.700. The second kappa shape index (κ2) is 7.37. The van der Waals surface area contributed by atoms with Crippen molar-refractivity contribution in [2.24, 2.45) is 5.92 Å². The van der Waals surface area contributed by atoms with Crippen molar-refractivity contribution in [3.63, 3.8) is 0 Å². The Morgan fingerprint density at radius 2 is 2.28 bits per heavy atom. The Kier molecular flexibility index (Phi) is 4.80. The Morgan fingerprint density at radius 3 is 3.08 bits per heavy atom. The third-order valence-corrected chi connectivity index (χ3v) is 5.61. The van der Waals surface area contributed by atoms with E-state index in [0.29, 0.717) is 17.4 Å². The smallest absolute Gasteiger partial charge is 0.224 e. The third kappa shape index (κ3) is 3.91. The van der Waals surface area contributed by atoms with Crippen LogP contribution in [0, 0.1) is 12.8 Å². The van der Waals surface area contributed by atoms with Gasteiger partial charge in [-0.25, -0.2) is 4.98 Å². The van der Waals surface area contributed by atoms with Crippen LogP contribution in [0.15, 0.2) is 30.0 Å². The number of thiophene rings is 1. The van der Waals surface area contributed by atoms with E-state index in [4.69, 9.17) is 0 Å². The molecule has 8 heteroatoms. The fourth-order valence-electron chi connectivity index (χ4n) is 3.28. The number of hydrogen-bond acceptors (Lipinski definition) is 7. The summed E-state index contributed by atoms with van der Waals surface area (Å²) < 4.78 is 0. The van der Waals surface area contributed by atoms with Crippen molar-refractivity contribution in [2.45, 2.75) is 32.9 Å². The summed E-state index contributed by atoms with van der Waals surface area (Å²) in [5, 5.41) is 14.9. The molecule has 0 spiro atoms. The van der Waals surface area contributed by atoms with Crippen LogP contribution in [0.5, 0.6) is 0 Å². The van der Waals surface area contributed by atoms with E-state index < -0.39 is 0 Å². The molecule has 0 amide bonds. The van der Waals surface area contributed by atoms with Gasteiger partial charge in [-0.3, -0.25) is 9.88 Å². The summed E-state index contributed by atoms with van der Waals surface area (Å²) in [6.07, 6.45) is 7.37. The van der Waals surface area contributed by atoms with Crippen LogP contribution in [-0.2, 0) is 13.1 Å². The molecule has 0 N–H and O–H groups in total. The second-order valence-corrected chi connectivity index (χ2v) is 7.53. The van der Waals surface area contributed by atoms with Gasteiger partial charge in [0.05, 0.1) is 12.7 Å². The van der Waals surface area contributed by atoms with Crippen LogP contribution >= 0.6 is 11.3 Å². The highest BCUT2D eigenvalue weighted by Crippen LogP contribution is 2.23. The molecule has 0 saturated carbocycles. The lowest BCUT2D eigenvalue weighted by atomic mass is 9.98. The number of hydrogen-bond donors (Lipinski definition) is 0. The van der Waals surface area contributed by atoms with Crippen LogP contribution in [0.4, 0.5) is 0 Å². The van der Waals surface area contributed by atoms with Crippen molar-refractivity contribution in [1.82, 2.24) is 35.1 Å². The van der Waals surface area contributed by atoms with E-state index in [1.54, 1.807) is 23.4 Å². The van der Waals surface area contributed by atoms with Crippen LogP contribution in [-0.4, -0.2) is 48.2 Å². The van der Waals surface area contributed by atoms with Crippen LogP contribution in [0.1, 0.15) is 23.3 Å². The minimum atomic E-state index is 0.537. The van der Waals surface area contributed by atoms with Gasteiger partial charge in [0.15, 0.2) is 0 Å². The molecule has 3 aromatic rings. The first-order valence-electron chi connectivity index (χ1n) is 8.57. The molecule has 0 aliphatic carbocycles. The Morgan fingerprint density at radius 1 is 1.32 bits per heavy atom. The normalized spacial score (nSPS) is 18.5. The van der Waals surface area contributed by atoms with E-state index in [1.165, 1.54) is 29.8 Å². The van der Waals surface area contributed by atoms with Crippen molar-refractivity contribution in [3.05, 3.63) is 40.5 Å².